The van der Waals surface area contributed by atoms with Gasteiger partial charge in [-0.15, -0.1) is 0 Å². The zero-order valence-corrected chi connectivity index (χ0v) is 14.7. The molecule has 24 heavy (non-hydrogen) atoms. The Morgan fingerprint density at radius 1 is 1.33 bits per heavy atom. The Morgan fingerprint density at radius 2 is 2.17 bits per heavy atom. The summed E-state index contributed by atoms with van der Waals surface area (Å²) in [5.74, 6) is 0.859. The Morgan fingerprint density at radius 3 is 2.92 bits per heavy atom. The quantitative estimate of drug-likeness (QED) is 0.317. The van der Waals surface area contributed by atoms with Crippen molar-refractivity contribution in [2.24, 2.45) is 5.73 Å². The molecule has 0 spiro atoms. The lowest BCUT2D eigenvalue weighted by Gasteiger charge is -2.16. The molecule has 5 N–H and O–H groups in total. The van der Waals surface area contributed by atoms with Gasteiger partial charge >= 0.3 is 6.03 Å². The highest BCUT2D eigenvalue weighted by molar-refractivity contribution is 8.00. The molecule has 3 amide bonds. The summed E-state index contributed by atoms with van der Waals surface area (Å²) in [5, 5.41) is 9.04. The summed E-state index contributed by atoms with van der Waals surface area (Å²) < 4.78 is 0. The number of hydrogen-bond acceptors (Lipinski definition) is 5. The first-order valence-electron chi connectivity index (χ1n) is 8.69. The second-order valence-electron chi connectivity index (χ2n) is 6.39. The maximum Gasteiger partial charge on any atom is 0.315 e. The van der Waals surface area contributed by atoms with Crippen molar-refractivity contribution < 1.29 is 14.4 Å². The number of fused-ring (bicyclic) bond motifs is 1. The lowest BCUT2D eigenvalue weighted by molar-refractivity contribution is -0.121. The molecule has 0 aromatic rings. The van der Waals surface area contributed by atoms with Crippen molar-refractivity contribution in [2.45, 2.75) is 68.3 Å². The predicted octanol–water partition coefficient (Wildman–Crippen LogP) is 0.436. The van der Waals surface area contributed by atoms with E-state index in [1.165, 1.54) is 0 Å². The molecule has 0 aromatic carbocycles. The molecule has 2 heterocycles. The van der Waals surface area contributed by atoms with Crippen LogP contribution in [0.4, 0.5) is 4.79 Å². The normalized spacial score (nSPS) is 26.4. The molecular weight excluding hydrogens is 328 g/mol. The van der Waals surface area contributed by atoms with Crippen LogP contribution in [0.25, 0.3) is 0 Å². The number of carbonyl (C=O) groups excluding carboxylic acids is 3. The van der Waals surface area contributed by atoms with Crippen molar-refractivity contribution in [3.63, 3.8) is 0 Å². The minimum Gasteiger partial charge on any atom is -0.346 e. The molecule has 2 fully saturated rings. The second-order valence-corrected chi connectivity index (χ2v) is 7.66. The lowest BCUT2D eigenvalue weighted by atomic mass is 10.0. The van der Waals surface area contributed by atoms with E-state index in [1.54, 1.807) is 0 Å². The van der Waals surface area contributed by atoms with Crippen molar-refractivity contribution in [2.75, 3.05) is 12.3 Å². The maximum absolute atomic E-state index is 11.9. The van der Waals surface area contributed by atoms with Gasteiger partial charge in [-0.1, -0.05) is 6.42 Å². The number of rotatable bonds is 11. The number of urea groups is 1. The summed E-state index contributed by atoms with van der Waals surface area (Å²) in [6.07, 6.45) is 7.28. The first-order valence-corrected chi connectivity index (χ1v) is 9.74. The molecule has 4 atom stereocenters. The van der Waals surface area contributed by atoms with E-state index in [0.717, 1.165) is 37.9 Å². The highest BCUT2D eigenvalue weighted by Crippen LogP contribution is 2.33. The van der Waals surface area contributed by atoms with Gasteiger partial charge < -0.3 is 21.7 Å². The number of nitrogens with two attached hydrogens (primary N) is 1. The Balaban J connectivity index is 1.57. The van der Waals surface area contributed by atoms with Gasteiger partial charge in [0, 0.05) is 17.4 Å². The van der Waals surface area contributed by atoms with Crippen LogP contribution in [0.5, 0.6) is 0 Å². The average Bonchev–Trinajstić information content (AvgIpc) is 3.10. The lowest BCUT2D eigenvalue weighted by Crippen LogP contribution is -2.37. The summed E-state index contributed by atoms with van der Waals surface area (Å²) in [6.45, 7) is 0.594. The molecular formula is C16H27N4O3S. The van der Waals surface area contributed by atoms with Crippen LogP contribution in [0.2, 0.25) is 0 Å². The van der Waals surface area contributed by atoms with Crippen molar-refractivity contribution in [3.8, 4) is 0 Å². The fourth-order valence-electron chi connectivity index (χ4n) is 3.19. The number of thioether (sulfide) groups is 1. The number of amides is 3. The van der Waals surface area contributed by atoms with Gasteiger partial charge in [-0.3, -0.25) is 9.59 Å². The molecule has 1 radical (unpaired) electrons. The molecule has 7 nitrogen and oxygen atoms in total. The van der Waals surface area contributed by atoms with Crippen LogP contribution in [0.1, 0.15) is 44.9 Å². The van der Waals surface area contributed by atoms with E-state index < -0.39 is 6.04 Å². The predicted molar refractivity (Wildman–Crippen MR) is 94.5 cm³/mol. The Kier molecular flexibility index (Phi) is 7.84. The molecule has 2 aliphatic heterocycles. The van der Waals surface area contributed by atoms with E-state index in [4.69, 9.17) is 5.73 Å². The van der Waals surface area contributed by atoms with E-state index in [-0.39, 0.29) is 24.0 Å². The third-order valence-corrected chi connectivity index (χ3v) is 6.01. The molecule has 0 saturated carbocycles. The van der Waals surface area contributed by atoms with E-state index >= 15 is 0 Å². The zero-order chi connectivity index (χ0) is 17.4. The third-order valence-electron chi connectivity index (χ3n) is 4.51. The highest BCUT2D eigenvalue weighted by atomic mass is 32.2. The van der Waals surface area contributed by atoms with E-state index in [2.05, 4.69) is 16.0 Å². The van der Waals surface area contributed by atoms with Gasteiger partial charge in [0.1, 0.15) is 0 Å². The van der Waals surface area contributed by atoms with Crippen molar-refractivity contribution in [1.82, 2.24) is 16.0 Å². The van der Waals surface area contributed by atoms with Gasteiger partial charge in [0.25, 0.3) is 0 Å². The van der Waals surface area contributed by atoms with Gasteiger partial charge in [-0.2, -0.15) is 11.8 Å². The van der Waals surface area contributed by atoms with E-state index in [9.17, 15) is 14.4 Å². The summed E-state index contributed by atoms with van der Waals surface area (Å²) >= 11 is 1.88. The fraction of sp³-hybridized carbons (Fsp3) is 0.812. The molecule has 0 aromatic heterocycles. The van der Waals surface area contributed by atoms with Crippen molar-refractivity contribution >= 4 is 30.0 Å². The molecule has 0 bridgehead atoms. The topological polar surface area (TPSA) is 113 Å². The van der Waals surface area contributed by atoms with Gasteiger partial charge in [0.15, 0.2) is 0 Å². The molecule has 8 heteroatoms. The smallest absolute Gasteiger partial charge is 0.315 e. The van der Waals surface area contributed by atoms with Crippen LogP contribution in [0.15, 0.2) is 0 Å². The van der Waals surface area contributed by atoms with Gasteiger partial charge in [0.05, 0.1) is 18.1 Å². The van der Waals surface area contributed by atoms with Crippen LogP contribution in [-0.2, 0) is 9.59 Å². The molecule has 2 rings (SSSR count). The molecule has 2 saturated heterocycles. The number of nitrogens with one attached hydrogen (secondary N) is 3. The maximum atomic E-state index is 11.9. The standard InChI is InChI=1S/C16H27N4O3S/c17-8-4-3-5-11(9-21)18-14(22)7-2-1-6-13-15-12(10-24-13)19-16(23)20-15/h11-13,15H,1-8,10,17H2,(H,18,22)(H2,19,20,23)/t11-,12-,13-,15-/m0/s1. The molecule has 0 aliphatic carbocycles. The minimum absolute atomic E-state index is 0.0690. The first kappa shape index (κ1) is 19.1. The Bertz CT molecular complexity index is 449. The number of carbonyl (C=O) groups is 2. The first-order chi connectivity index (χ1) is 11.6. The highest BCUT2D eigenvalue weighted by Gasteiger charge is 2.42. The SMILES string of the molecule is NCCCC[C@@H]([C]=O)NC(=O)CCCC[C@@H]1SC[C@@H]2NC(=O)N[C@@H]21. The third kappa shape index (κ3) is 5.66. The fourth-order valence-corrected chi connectivity index (χ4v) is 4.74. The molecule has 135 valence electrons. The minimum atomic E-state index is -0.519. The van der Waals surface area contributed by atoms with Gasteiger partial charge in [-0.05, 0) is 38.6 Å². The largest absolute Gasteiger partial charge is 0.346 e. The Hall–Kier alpha value is -1.28. The van der Waals surface area contributed by atoms with Crippen LogP contribution < -0.4 is 21.7 Å². The van der Waals surface area contributed by atoms with Gasteiger partial charge in [0.2, 0.25) is 12.2 Å². The average molecular weight is 355 g/mol. The summed E-state index contributed by atoms with van der Waals surface area (Å²) in [5.41, 5.74) is 5.42. The Labute approximate surface area is 147 Å². The number of unbranched alkanes of at least 4 members (excludes halogenated alkanes) is 2. The summed E-state index contributed by atoms with van der Waals surface area (Å²) in [4.78, 5) is 34.1. The second kappa shape index (κ2) is 9.88. The van der Waals surface area contributed by atoms with Crippen molar-refractivity contribution in [3.05, 3.63) is 0 Å². The molecule has 0 unspecified atom stereocenters. The van der Waals surface area contributed by atoms with E-state index in [0.29, 0.717) is 24.6 Å². The monoisotopic (exact) mass is 355 g/mol. The van der Waals surface area contributed by atoms with Crippen LogP contribution >= 0.6 is 11.8 Å². The zero-order valence-electron chi connectivity index (χ0n) is 13.9. The summed E-state index contributed by atoms with van der Waals surface area (Å²) in [7, 11) is 0. The number of hydrogen-bond donors (Lipinski definition) is 4. The molecule has 2 aliphatic rings. The van der Waals surface area contributed by atoms with Crippen LogP contribution in [0, 0.1) is 0 Å². The van der Waals surface area contributed by atoms with Gasteiger partial charge in [-0.25, -0.2) is 4.79 Å². The van der Waals surface area contributed by atoms with Crippen LogP contribution in [0.3, 0.4) is 0 Å². The van der Waals surface area contributed by atoms with E-state index in [1.807, 2.05) is 18.0 Å². The summed E-state index contributed by atoms with van der Waals surface area (Å²) in [6, 6.07) is -0.128. The van der Waals surface area contributed by atoms with Crippen LogP contribution in [-0.4, -0.2) is 53.9 Å². The van der Waals surface area contributed by atoms with Crippen molar-refractivity contribution in [1.29, 1.82) is 0 Å².